The fraction of sp³-hybridized carbons (Fsp3) is 0.950. The first-order chi connectivity index (χ1) is 10.7. The minimum atomic E-state index is -0.000438. The van der Waals surface area contributed by atoms with Crippen LogP contribution in [0.25, 0.3) is 0 Å². The standard InChI is InChI=1S/C20H40O2/c1-4-6-8-9-10-11-12-13-14-15-16-18-20(21)22-19(3)17-7-5-2/h19H,4-18H2,1-3H3. The first kappa shape index (κ1) is 21.5. The largest absolute Gasteiger partial charge is 0.463 e. The Morgan fingerprint density at radius 3 is 1.68 bits per heavy atom. The van der Waals surface area contributed by atoms with Crippen LogP contribution in [-0.4, -0.2) is 12.1 Å². The van der Waals surface area contributed by atoms with Crippen LogP contribution >= 0.6 is 0 Å². The highest BCUT2D eigenvalue weighted by Crippen LogP contribution is 2.12. The Kier molecular flexibility index (Phi) is 16.4. The molecule has 0 bridgehead atoms. The minimum Gasteiger partial charge on any atom is -0.463 e. The van der Waals surface area contributed by atoms with Gasteiger partial charge < -0.3 is 4.74 Å². The molecule has 1 atom stereocenters. The van der Waals surface area contributed by atoms with E-state index in [1.54, 1.807) is 0 Å². The molecule has 0 aromatic rings. The van der Waals surface area contributed by atoms with Crippen molar-refractivity contribution >= 4 is 5.97 Å². The topological polar surface area (TPSA) is 26.3 Å². The van der Waals surface area contributed by atoms with Crippen LogP contribution in [0.1, 0.15) is 117 Å². The zero-order valence-corrected chi connectivity index (χ0v) is 15.5. The Morgan fingerprint density at radius 1 is 0.727 bits per heavy atom. The van der Waals surface area contributed by atoms with Crippen LogP contribution in [-0.2, 0) is 9.53 Å². The third kappa shape index (κ3) is 15.9. The smallest absolute Gasteiger partial charge is 0.306 e. The summed E-state index contributed by atoms with van der Waals surface area (Å²) in [7, 11) is 0. The molecule has 0 saturated carbocycles. The fourth-order valence-corrected chi connectivity index (χ4v) is 2.77. The first-order valence-electron chi connectivity index (χ1n) is 9.90. The van der Waals surface area contributed by atoms with Crippen LogP contribution in [0.15, 0.2) is 0 Å². The highest BCUT2D eigenvalue weighted by molar-refractivity contribution is 5.69. The molecule has 0 rings (SSSR count). The number of hydrogen-bond donors (Lipinski definition) is 0. The zero-order chi connectivity index (χ0) is 16.5. The van der Waals surface area contributed by atoms with E-state index in [1.165, 1.54) is 70.6 Å². The third-order valence-electron chi connectivity index (χ3n) is 4.28. The van der Waals surface area contributed by atoms with E-state index in [0.29, 0.717) is 6.42 Å². The van der Waals surface area contributed by atoms with E-state index >= 15 is 0 Å². The molecule has 22 heavy (non-hydrogen) atoms. The van der Waals surface area contributed by atoms with Crippen molar-refractivity contribution in [2.45, 2.75) is 123 Å². The van der Waals surface area contributed by atoms with Crippen LogP contribution in [0.3, 0.4) is 0 Å². The molecule has 132 valence electrons. The number of esters is 1. The van der Waals surface area contributed by atoms with Gasteiger partial charge in [-0.1, -0.05) is 90.9 Å². The van der Waals surface area contributed by atoms with Gasteiger partial charge >= 0.3 is 5.97 Å². The van der Waals surface area contributed by atoms with Crippen molar-refractivity contribution in [2.24, 2.45) is 0 Å². The highest BCUT2D eigenvalue weighted by Gasteiger charge is 2.08. The van der Waals surface area contributed by atoms with Gasteiger partial charge in [-0.15, -0.1) is 0 Å². The maximum Gasteiger partial charge on any atom is 0.306 e. The lowest BCUT2D eigenvalue weighted by atomic mass is 10.1. The number of carbonyl (C=O) groups excluding carboxylic acids is 1. The van der Waals surface area contributed by atoms with E-state index in [0.717, 1.165) is 19.3 Å². The van der Waals surface area contributed by atoms with Gasteiger partial charge in [-0.25, -0.2) is 0 Å². The van der Waals surface area contributed by atoms with Crippen LogP contribution in [0.4, 0.5) is 0 Å². The lowest BCUT2D eigenvalue weighted by Gasteiger charge is -2.12. The molecule has 0 aliphatic rings. The molecule has 0 aromatic carbocycles. The normalized spacial score (nSPS) is 12.3. The van der Waals surface area contributed by atoms with Crippen LogP contribution in [0.2, 0.25) is 0 Å². The Balaban J connectivity index is 3.23. The maximum atomic E-state index is 11.7. The molecule has 0 saturated heterocycles. The van der Waals surface area contributed by atoms with Gasteiger partial charge in [0.15, 0.2) is 0 Å². The second-order valence-electron chi connectivity index (χ2n) is 6.73. The Bertz CT molecular complexity index is 238. The third-order valence-corrected chi connectivity index (χ3v) is 4.28. The summed E-state index contributed by atoms with van der Waals surface area (Å²) in [6, 6.07) is 0. The van der Waals surface area contributed by atoms with Gasteiger partial charge in [0.25, 0.3) is 0 Å². The summed E-state index contributed by atoms with van der Waals surface area (Å²) in [5, 5.41) is 0. The summed E-state index contributed by atoms with van der Waals surface area (Å²) in [6.45, 7) is 6.44. The van der Waals surface area contributed by atoms with E-state index in [2.05, 4.69) is 13.8 Å². The summed E-state index contributed by atoms with van der Waals surface area (Å²) < 4.78 is 5.41. The van der Waals surface area contributed by atoms with Gasteiger partial charge in [0, 0.05) is 6.42 Å². The first-order valence-corrected chi connectivity index (χ1v) is 9.90. The average molecular weight is 313 g/mol. The van der Waals surface area contributed by atoms with Crippen molar-refractivity contribution in [1.29, 1.82) is 0 Å². The molecule has 0 aliphatic carbocycles. The number of unbranched alkanes of at least 4 members (excludes halogenated alkanes) is 11. The van der Waals surface area contributed by atoms with Crippen molar-refractivity contribution in [2.75, 3.05) is 0 Å². The summed E-state index contributed by atoms with van der Waals surface area (Å²) in [5.74, 6) is -0.000438. The lowest BCUT2D eigenvalue weighted by molar-refractivity contribution is -0.148. The zero-order valence-electron chi connectivity index (χ0n) is 15.5. The Labute approximate surface area is 139 Å². The molecule has 0 spiro atoms. The van der Waals surface area contributed by atoms with Crippen molar-refractivity contribution < 1.29 is 9.53 Å². The average Bonchev–Trinajstić information content (AvgIpc) is 2.50. The predicted octanol–water partition coefficient (Wildman–Crippen LogP) is 6.81. The van der Waals surface area contributed by atoms with Gasteiger partial charge in [0.05, 0.1) is 6.10 Å². The molecule has 0 heterocycles. The number of hydrogen-bond acceptors (Lipinski definition) is 2. The van der Waals surface area contributed by atoms with E-state index in [9.17, 15) is 4.79 Å². The van der Waals surface area contributed by atoms with E-state index in [1.807, 2.05) is 6.92 Å². The summed E-state index contributed by atoms with van der Waals surface area (Å²) in [5.41, 5.74) is 0. The number of rotatable bonds is 16. The monoisotopic (exact) mass is 312 g/mol. The molecule has 0 amide bonds. The van der Waals surface area contributed by atoms with Crippen molar-refractivity contribution in [3.05, 3.63) is 0 Å². The van der Waals surface area contributed by atoms with E-state index < -0.39 is 0 Å². The van der Waals surface area contributed by atoms with Gasteiger partial charge in [-0.3, -0.25) is 4.79 Å². The van der Waals surface area contributed by atoms with Crippen LogP contribution < -0.4 is 0 Å². The molecule has 0 fully saturated rings. The lowest BCUT2D eigenvalue weighted by Crippen LogP contribution is -2.14. The van der Waals surface area contributed by atoms with Gasteiger partial charge in [0.1, 0.15) is 0 Å². The molecule has 2 nitrogen and oxygen atoms in total. The Hall–Kier alpha value is -0.530. The molecule has 0 N–H and O–H groups in total. The SMILES string of the molecule is CCCCCCCCCCCCCC(=O)OC(C)CCCC. The Morgan fingerprint density at radius 2 is 1.18 bits per heavy atom. The van der Waals surface area contributed by atoms with Crippen molar-refractivity contribution in [3.8, 4) is 0 Å². The van der Waals surface area contributed by atoms with E-state index in [4.69, 9.17) is 4.74 Å². The van der Waals surface area contributed by atoms with Crippen LogP contribution in [0.5, 0.6) is 0 Å². The minimum absolute atomic E-state index is 0.000438. The van der Waals surface area contributed by atoms with Gasteiger partial charge in [0.2, 0.25) is 0 Å². The van der Waals surface area contributed by atoms with Gasteiger partial charge in [-0.2, -0.15) is 0 Å². The second-order valence-corrected chi connectivity index (χ2v) is 6.73. The van der Waals surface area contributed by atoms with Crippen LogP contribution in [0, 0.1) is 0 Å². The maximum absolute atomic E-state index is 11.7. The van der Waals surface area contributed by atoms with E-state index in [-0.39, 0.29) is 12.1 Å². The molecular formula is C20H40O2. The van der Waals surface area contributed by atoms with Crippen molar-refractivity contribution in [3.63, 3.8) is 0 Å². The number of ether oxygens (including phenoxy) is 1. The number of carbonyl (C=O) groups is 1. The van der Waals surface area contributed by atoms with Gasteiger partial charge in [-0.05, 0) is 19.8 Å². The summed E-state index contributed by atoms with van der Waals surface area (Å²) >= 11 is 0. The molecule has 0 aromatic heterocycles. The molecular weight excluding hydrogens is 272 g/mol. The predicted molar refractivity (Wildman–Crippen MR) is 96.2 cm³/mol. The quantitative estimate of drug-likeness (QED) is 0.231. The molecule has 2 heteroatoms. The summed E-state index contributed by atoms with van der Waals surface area (Å²) in [6.07, 6.45) is 18.5. The summed E-state index contributed by atoms with van der Waals surface area (Å²) in [4.78, 5) is 11.7. The fourth-order valence-electron chi connectivity index (χ4n) is 2.77. The molecule has 1 unspecified atom stereocenters. The second kappa shape index (κ2) is 16.8. The highest BCUT2D eigenvalue weighted by atomic mass is 16.5. The molecule has 0 radical (unpaired) electrons. The molecule has 0 aliphatic heterocycles. The van der Waals surface area contributed by atoms with Crippen molar-refractivity contribution in [1.82, 2.24) is 0 Å².